The lowest BCUT2D eigenvalue weighted by Crippen LogP contribution is -2.41. The molecule has 0 aromatic heterocycles. The van der Waals surface area contributed by atoms with Gasteiger partial charge in [0.1, 0.15) is 0 Å². The topological polar surface area (TPSA) is 106 Å². The van der Waals surface area contributed by atoms with Gasteiger partial charge < -0.3 is 25.7 Å². The second-order valence-electron chi connectivity index (χ2n) is 3.30. The Hall–Kier alpha value is -1.34. The summed E-state index contributed by atoms with van der Waals surface area (Å²) in [6.07, 6.45) is -0.214. The van der Waals surface area contributed by atoms with Crippen molar-refractivity contribution in [3.05, 3.63) is 0 Å². The number of rotatable bonds is 7. The second-order valence-corrected chi connectivity index (χ2v) is 3.30. The molecular formula is C9H19N3O4. The Morgan fingerprint density at radius 3 is 2.62 bits per heavy atom. The number of nitrogens with one attached hydrogen (secondary N) is 1. The molecule has 0 rings (SSSR count). The fourth-order valence-electron chi connectivity index (χ4n) is 0.985. The van der Waals surface area contributed by atoms with Gasteiger partial charge in [-0.05, 0) is 6.92 Å². The molecule has 0 bridgehead atoms. The fourth-order valence-corrected chi connectivity index (χ4v) is 0.985. The molecule has 16 heavy (non-hydrogen) atoms. The molecule has 0 aromatic rings. The van der Waals surface area contributed by atoms with Crippen LogP contribution in [0.2, 0.25) is 0 Å². The van der Waals surface area contributed by atoms with Crippen LogP contribution in [-0.2, 0) is 14.3 Å². The van der Waals surface area contributed by atoms with Crippen LogP contribution in [0.1, 0.15) is 6.92 Å². The highest BCUT2D eigenvalue weighted by Gasteiger charge is 2.18. The molecule has 0 saturated heterocycles. The third-order valence-electron chi connectivity index (χ3n) is 2.14. The van der Waals surface area contributed by atoms with Crippen molar-refractivity contribution in [1.82, 2.24) is 5.32 Å². The van der Waals surface area contributed by atoms with E-state index in [1.54, 1.807) is 14.0 Å². The zero-order valence-corrected chi connectivity index (χ0v) is 9.77. The van der Waals surface area contributed by atoms with E-state index < -0.39 is 5.92 Å². The average Bonchev–Trinajstić information content (AvgIpc) is 2.31. The van der Waals surface area contributed by atoms with E-state index in [-0.39, 0.29) is 17.8 Å². The molecule has 2 unspecified atom stereocenters. The van der Waals surface area contributed by atoms with Gasteiger partial charge in [-0.3, -0.25) is 4.79 Å². The molecule has 2 atom stereocenters. The van der Waals surface area contributed by atoms with E-state index >= 15 is 0 Å². The first-order valence-corrected chi connectivity index (χ1v) is 4.83. The number of hydrogen-bond acceptors (Lipinski definition) is 5. The van der Waals surface area contributed by atoms with Crippen LogP contribution in [-0.4, -0.2) is 50.4 Å². The Morgan fingerprint density at radius 1 is 1.56 bits per heavy atom. The smallest absolute Gasteiger partial charge is 0.230 e. The summed E-state index contributed by atoms with van der Waals surface area (Å²) in [5.74, 6) is -1.13. The SMILES string of the molecule is COCC(CNC(=O)C(C)C(N)=NO)OC. The van der Waals surface area contributed by atoms with Crippen molar-refractivity contribution in [1.29, 1.82) is 0 Å². The van der Waals surface area contributed by atoms with E-state index in [0.29, 0.717) is 13.2 Å². The highest BCUT2D eigenvalue weighted by Crippen LogP contribution is 1.96. The molecule has 7 heteroatoms. The number of ether oxygens (including phenoxy) is 2. The molecule has 1 amide bonds. The number of hydrogen-bond donors (Lipinski definition) is 3. The standard InChI is InChI=1S/C9H19N3O4/c1-6(8(10)12-14)9(13)11-4-7(16-3)5-15-2/h6-7,14H,4-5H2,1-3H3,(H2,10,12)(H,11,13). The lowest BCUT2D eigenvalue weighted by atomic mass is 10.1. The zero-order chi connectivity index (χ0) is 12.6. The number of amidine groups is 1. The largest absolute Gasteiger partial charge is 0.409 e. The summed E-state index contributed by atoms with van der Waals surface area (Å²) in [5, 5.41) is 13.8. The molecule has 7 nitrogen and oxygen atoms in total. The Morgan fingerprint density at radius 2 is 2.19 bits per heavy atom. The maximum atomic E-state index is 11.5. The van der Waals surface area contributed by atoms with E-state index in [1.807, 2.05) is 0 Å². The summed E-state index contributed by atoms with van der Waals surface area (Å²) in [4.78, 5) is 11.5. The quantitative estimate of drug-likeness (QED) is 0.230. The van der Waals surface area contributed by atoms with Crippen molar-refractivity contribution in [2.24, 2.45) is 16.8 Å². The predicted molar refractivity (Wildman–Crippen MR) is 58.3 cm³/mol. The molecule has 4 N–H and O–H groups in total. The van der Waals surface area contributed by atoms with Crippen LogP contribution in [0.4, 0.5) is 0 Å². The number of methoxy groups -OCH3 is 2. The summed E-state index contributed by atoms with van der Waals surface area (Å²) in [6, 6.07) is 0. The summed E-state index contributed by atoms with van der Waals surface area (Å²) in [7, 11) is 3.08. The van der Waals surface area contributed by atoms with Gasteiger partial charge in [-0.15, -0.1) is 0 Å². The highest BCUT2D eigenvalue weighted by molar-refractivity contribution is 6.01. The first-order valence-electron chi connectivity index (χ1n) is 4.83. The molecule has 0 aromatic carbocycles. The van der Waals surface area contributed by atoms with Crippen LogP contribution in [0, 0.1) is 5.92 Å². The normalized spacial score (nSPS) is 15.6. The summed E-state index contributed by atoms with van der Waals surface area (Å²) in [5.41, 5.74) is 5.30. The number of nitrogens with two attached hydrogens (primary N) is 1. The number of carbonyl (C=O) groups excluding carboxylic acids is 1. The average molecular weight is 233 g/mol. The van der Waals surface area contributed by atoms with Gasteiger partial charge in [0.05, 0.1) is 18.6 Å². The lowest BCUT2D eigenvalue weighted by molar-refractivity contribution is -0.123. The van der Waals surface area contributed by atoms with E-state index in [9.17, 15) is 4.79 Å². The van der Waals surface area contributed by atoms with Crippen LogP contribution in [0.25, 0.3) is 0 Å². The fraction of sp³-hybridized carbons (Fsp3) is 0.778. The van der Waals surface area contributed by atoms with Gasteiger partial charge in [-0.2, -0.15) is 0 Å². The molecule has 0 aliphatic rings. The van der Waals surface area contributed by atoms with Crippen LogP contribution in [0.5, 0.6) is 0 Å². The first-order chi connectivity index (χ1) is 7.56. The highest BCUT2D eigenvalue weighted by atomic mass is 16.5. The zero-order valence-electron chi connectivity index (χ0n) is 9.77. The van der Waals surface area contributed by atoms with Crippen molar-refractivity contribution < 1.29 is 19.5 Å². The van der Waals surface area contributed by atoms with E-state index in [0.717, 1.165) is 0 Å². The predicted octanol–water partition coefficient (Wildman–Crippen LogP) is -0.853. The molecular weight excluding hydrogens is 214 g/mol. The maximum Gasteiger partial charge on any atom is 0.230 e. The van der Waals surface area contributed by atoms with Crippen molar-refractivity contribution in [3.63, 3.8) is 0 Å². The third kappa shape index (κ3) is 4.94. The third-order valence-corrected chi connectivity index (χ3v) is 2.14. The van der Waals surface area contributed by atoms with Gasteiger partial charge in [0.25, 0.3) is 0 Å². The van der Waals surface area contributed by atoms with E-state index in [2.05, 4.69) is 10.5 Å². The molecule has 0 aliphatic carbocycles. The van der Waals surface area contributed by atoms with E-state index in [1.165, 1.54) is 7.11 Å². The maximum absolute atomic E-state index is 11.5. The van der Waals surface area contributed by atoms with Crippen molar-refractivity contribution in [2.45, 2.75) is 13.0 Å². The van der Waals surface area contributed by atoms with Crippen molar-refractivity contribution in [2.75, 3.05) is 27.4 Å². The van der Waals surface area contributed by atoms with Gasteiger partial charge in [0.2, 0.25) is 5.91 Å². The van der Waals surface area contributed by atoms with Gasteiger partial charge in [0, 0.05) is 20.8 Å². The number of nitrogens with zero attached hydrogens (tertiary/aromatic N) is 1. The lowest BCUT2D eigenvalue weighted by Gasteiger charge is -2.16. The van der Waals surface area contributed by atoms with Gasteiger partial charge >= 0.3 is 0 Å². The van der Waals surface area contributed by atoms with Gasteiger partial charge in [-0.25, -0.2) is 0 Å². The number of oxime groups is 1. The second kappa shape index (κ2) is 7.89. The molecule has 0 aliphatic heterocycles. The number of amides is 1. The van der Waals surface area contributed by atoms with Crippen LogP contribution in [0.15, 0.2) is 5.16 Å². The molecule has 94 valence electrons. The van der Waals surface area contributed by atoms with Gasteiger partial charge in [-0.1, -0.05) is 5.16 Å². The van der Waals surface area contributed by atoms with Crippen molar-refractivity contribution >= 4 is 11.7 Å². The first kappa shape index (κ1) is 14.7. The Kier molecular flexibility index (Phi) is 7.23. The molecule has 0 radical (unpaired) electrons. The Labute approximate surface area is 94.6 Å². The molecule has 0 spiro atoms. The Bertz CT molecular complexity index is 245. The minimum absolute atomic E-state index is 0.127. The van der Waals surface area contributed by atoms with Crippen LogP contribution < -0.4 is 11.1 Å². The molecule has 0 heterocycles. The van der Waals surface area contributed by atoms with Crippen LogP contribution >= 0.6 is 0 Å². The molecule has 0 fully saturated rings. The summed E-state index contributed by atoms with van der Waals surface area (Å²) < 4.78 is 9.95. The summed E-state index contributed by atoms with van der Waals surface area (Å²) >= 11 is 0. The van der Waals surface area contributed by atoms with Crippen LogP contribution in [0.3, 0.4) is 0 Å². The minimum atomic E-state index is -0.676. The molecule has 0 saturated carbocycles. The monoisotopic (exact) mass is 233 g/mol. The number of carbonyl (C=O) groups is 1. The Balaban J connectivity index is 4.05. The minimum Gasteiger partial charge on any atom is -0.409 e. The summed E-state index contributed by atoms with van der Waals surface area (Å²) in [6.45, 7) is 2.24. The van der Waals surface area contributed by atoms with Gasteiger partial charge in [0.15, 0.2) is 5.84 Å². The van der Waals surface area contributed by atoms with E-state index in [4.69, 9.17) is 20.4 Å². The van der Waals surface area contributed by atoms with Crippen molar-refractivity contribution in [3.8, 4) is 0 Å².